The topological polar surface area (TPSA) is 55.9 Å². The van der Waals surface area contributed by atoms with Crippen molar-refractivity contribution in [1.29, 1.82) is 0 Å². The Labute approximate surface area is 101 Å². The minimum Gasteiger partial charge on any atom is -0.380 e. The quantitative estimate of drug-likeness (QED) is 0.867. The second-order valence-electron chi connectivity index (χ2n) is 4.03. The Morgan fingerprint density at radius 1 is 1.41 bits per heavy atom. The molecule has 0 saturated heterocycles. The van der Waals surface area contributed by atoms with Crippen LogP contribution >= 0.6 is 0 Å². The molecule has 0 saturated carbocycles. The molecule has 0 aliphatic heterocycles. The highest BCUT2D eigenvalue weighted by atomic mass is 16.3. The summed E-state index contributed by atoms with van der Waals surface area (Å²) >= 11 is 0. The monoisotopic (exact) mass is 234 g/mol. The van der Waals surface area contributed by atoms with Crippen LogP contribution in [0.1, 0.15) is 37.0 Å². The molecule has 0 spiro atoms. The highest BCUT2D eigenvalue weighted by Gasteiger charge is 2.20. The van der Waals surface area contributed by atoms with Crippen molar-refractivity contribution in [3.05, 3.63) is 35.7 Å². The van der Waals surface area contributed by atoms with Crippen LogP contribution in [0.5, 0.6) is 0 Å². The number of aromatic nitrogens is 4. The summed E-state index contributed by atoms with van der Waals surface area (Å²) in [6.45, 7) is 4.86. The van der Waals surface area contributed by atoms with Crippen molar-refractivity contribution in [1.82, 2.24) is 19.3 Å². The molecule has 92 valence electrons. The summed E-state index contributed by atoms with van der Waals surface area (Å²) in [5.41, 5.74) is 1.77. The maximum absolute atomic E-state index is 10.4. The first-order valence-electron chi connectivity index (χ1n) is 5.88. The molecule has 2 aromatic heterocycles. The summed E-state index contributed by atoms with van der Waals surface area (Å²) < 4.78 is 3.67. The molecule has 1 unspecified atom stereocenters. The fourth-order valence-corrected chi connectivity index (χ4v) is 2.03. The molecule has 5 heteroatoms. The standard InChI is InChI=1S/C12H18N4O/c1-4-10-9(8-15(3)14-10)11(17)12-13-6-7-16(12)5-2/h6-8,11,17H,4-5H2,1-3H3. The van der Waals surface area contributed by atoms with Crippen LogP contribution in [0.3, 0.4) is 0 Å². The Kier molecular flexibility index (Phi) is 3.28. The number of aryl methyl sites for hydroxylation is 3. The largest absolute Gasteiger partial charge is 0.380 e. The van der Waals surface area contributed by atoms with E-state index in [1.54, 1.807) is 10.9 Å². The molecule has 5 nitrogen and oxygen atoms in total. The van der Waals surface area contributed by atoms with Crippen LogP contribution in [0, 0.1) is 0 Å². The van der Waals surface area contributed by atoms with Crippen LogP contribution in [0.4, 0.5) is 0 Å². The van der Waals surface area contributed by atoms with Gasteiger partial charge in [0.25, 0.3) is 0 Å². The van der Waals surface area contributed by atoms with E-state index in [1.165, 1.54) is 0 Å². The van der Waals surface area contributed by atoms with Gasteiger partial charge in [-0.15, -0.1) is 0 Å². The van der Waals surface area contributed by atoms with Crippen LogP contribution < -0.4 is 0 Å². The van der Waals surface area contributed by atoms with Crippen molar-refractivity contribution < 1.29 is 5.11 Å². The smallest absolute Gasteiger partial charge is 0.142 e. The zero-order valence-corrected chi connectivity index (χ0v) is 10.5. The predicted molar refractivity (Wildman–Crippen MR) is 64.5 cm³/mol. The molecule has 0 bridgehead atoms. The lowest BCUT2D eigenvalue weighted by atomic mass is 10.1. The second kappa shape index (κ2) is 4.71. The molecule has 0 aliphatic rings. The van der Waals surface area contributed by atoms with Crippen LogP contribution in [-0.4, -0.2) is 24.4 Å². The summed E-state index contributed by atoms with van der Waals surface area (Å²) in [5, 5.41) is 14.7. The summed E-state index contributed by atoms with van der Waals surface area (Å²) in [6.07, 6.45) is 5.55. The summed E-state index contributed by atoms with van der Waals surface area (Å²) in [5.74, 6) is 0.676. The summed E-state index contributed by atoms with van der Waals surface area (Å²) in [4.78, 5) is 4.22. The third kappa shape index (κ3) is 2.10. The van der Waals surface area contributed by atoms with Crippen LogP contribution in [0.25, 0.3) is 0 Å². The van der Waals surface area contributed by atoms with E-state index >= 15 is 0 Å². The maximum Gasteiger partial charge on any atom is 0.142 e. The first-order valence-corrected chi connectivity index (χ1v) is 5.88. The SMILES string of the molecule is CCc1nn(C)cc1C(O)c1nccn1CC. The Morgan fingerprint density at radius 3 is 2.82 bits per heavy atom. The van der Waals surface area contributed by atoms with Gasteiger partial charge in [-0.25, -0.2) is 4.98 Å². The normalized spacial score (nSPS) is 12.9. The number of imidazole rings is 1. The first kappa shape index (κ1) is 11.9. The number of rotatable bonds is 4. The maximum atomic E-state index is 10.4. The van der Waals surface area contributed by atoms with E-state index in [0.717, 1.165) is 24.2 Å². The van der Waals surface area contributed by atoms with E-state index < -0.39 is 6.10 Å². The van der Waals surface area contributed by atoms with Gasteiger partial charge in [-0.3, -0.25) is 4.68 Å². The lowest BCUT2D eigenvalue weighted by Crippen LogP contribution is -2.09. The molecule has 0 fully saturated rings. The van der Waals surface area contributed by atoms with Gasteiger partial charge in [0.15, 0.2) is 0 Å². The molecule has 0 aliphatic carbocycles. The lowest BCUT2D eigenvalue weighted by molar-refractivity contribution is 0.203. The minimum atomic E-state index is -0.700. The van der Waals surface area contributed by atoms with Crippen molar-refractivity contribution >= 4 is 0 Å². The Hall–Kier alpha value is -1.62. The number of hydrogen-bond donors (Lipinski definition) is 1. The fraction of sp³-hybridized carbons (Fsp3) is 0.500. The second-order valence-corrected chi connectivity index (χ2v) is 4.03. The molecule has 1 N–H and O–H groups in total. The van der Waals surface area contributed by atoms with Gasteiger partial charge in [-0.2, -0.15) is 5.10 Å². The van der Waals surface area contributed by atoms with Gasteiger partial charge in [0, 0.05) is 37.7 Å². The zero-order valence-electron chi connectivity index (χ0n) is 10.5. The van der Waals surface area contributed by atoms with Crippen molar-refractivity contribution in [2.24, 2.45) is 7.05 Å². The molecule has 0 radical (unpaired) electrons. The lowest BCUT2D eigenvalue weighted by Gasteiger charge is -2.11. The van der Waals surface area contributed by atoms with Gasteiger partial charge in [0.2, 0.25) is 0 Å². The fourth-order valence-electron chi connectivity index (χ4n) is 2.03. The van der Waals surface area contributed by atoms with E-state index in [1.807, 2.05) is 37.9 Å². The third-order valence-electron chi connectivity index (χ3n) is 2.90. The van der Waals surface area contributed by atoms with Gasteiger partial charge in [0.1, 0.15) is 11.9 Å². The molecular weight excluding hydrogens is 216 g/mol. The molecule has 0 aromatic carbocycles. The molecular formula is C12H18N4O. The molecule has 1 atom stereocenters. The van der Waals surface area contributed by atoms with Gasteiger partial charge >= 0.3 is 0 Å². The van der Waals surface area contributed by atoms with E-state index in [-0.39, 0.29) is 0 Å². The number of aliphatic hydroxyl groups excluding tert-OH is 1. The number of hydrogen-bond acceptors (Lipinski definition) is 3. The number of nitrogens with zero attached hydrogens (tertiary/aromatic N) is 4. The van der Waals surface area contributed by atoms with Crippen molar-refractivity contribution in [2.45, 2.75) is 32.9 Å². The molecule has 0 amide bonds. The predicted octanol–water partition coefficient (Wildman–Crippen LogP) is 1.28. The summed E-state index contributed by atoms with van der Waals surface area (Å²) in [6, 6.07) is 0. The Bertz CT molecular complexity index is 500. The van der Waals surface area contributed by atoms with Crippen LogP contribution in [0.15, 0.2) is 18.6 Å². The molecule has 17 heavy (non-hydrogen) atoms. The van der Waals surface area contributed by atoms with Crippen molar-refractivity contribution in [3.63, 3.8) is 0 Å². The highest BCUT2D eigenvalue weighted by Crippen LogP contribution is 2.23. The molecule has 2 aromatic rings. The van der Waals surface area contributed by atoms with E-state index in [0.29, 0.717) is 5.82 Å². The van der Waals surface area contributed by atoms with Gasteiger partial charge in [0.05, 0.1) is 5.69 Å². The van der Waals surface area contributed by atoms with Crippen molar-refractivity contribution in [3.8, 4) is 0 Å². The summed E-state index contributed by atoms with van der Waals surface area (Å²) in [7, 11) is 1.86. The van der Waals surface area contributed by atoms with Gasteiger partial charge in [-0.05, 0) is 13.3 Å². The minimum absolute atomic E-state index is 0.676. The Morgan fingerprint density at radius 2 is 2.18 bits per heavy atom. The third-order valence-corrected chi connectivity index (χ3v) is 2.90. The zero-order chi connectivity index (χ0) is 12.4. The molecule has 2 rings (SSSR count). The van der Waals surface area contributed by atoms with Gasteiger partial charge in [-0.1, -0.05) is 6.92 Å². The average molecular weight is 234 g/mol. The number of aliphatic hydroxyl groups is 1. The Balaban J connectivity index is 2.39. The van der Waals surface area contributed by atoms with Crippen molar-refractivity contribution in [2.75, 3.05) is 0 Å². The average Bonchev–Trinajstić information content (AvgIpc) is 2.93. The van der Waals surface area contributed by atoms with Crippen LogP contribution in [-0.2, 0) is 20.0 Å². The van der Waals surface area contributed by atoms with E-state index in [2.05, 4.69) is 10.1 Å². The van der Waals surface area contributed by atoms with E-state index in [4.69, 9.17) is 0 Å². The first-order chi connectivity index (χ1) is 8.17. The highest BCUT2D eigenvalue weighted by molar-refractivity contribution is 5.25. The van der Waals surface area contributed by atoms with Gasteiger partial charge < -0.3 is 9.67 Å². The van der Waals surface area contributed by atoms with Crippen LogP contribution in [0.2, 0.25) is 0 Å². The molecule has 2 heterocycles. The van der Waals surface area contributed by atoms with E-state index in [9.17, 15) is 5.11 Å².